The number of aliphatic carboxylic acids is 1. The second-order valence-corrected chi connectivity index (χ2v) is 4.25. The molecule has 4 nitrogen and oxygen atoms in total. The number of aryl methyl sites for hydroxylation is 1. The van der Waals surface area contributed by atoms with E-state index in [1.54, 1.807) is 20.0 Å². The number of thiazole rings is 1. The van der Waals surface area contributed by atoms with Crippen molar-refractivity contribution in [1.82, 2.24) is 4.98 Å². The molecule has 1 unspecified atom stereocenters. The normalized spacial score (nSPS) is 15.1. The van der Waals surface area contributed by atoms with Crippen LogP contribution in [0.1, 0.15) is 23.7 Å². The molecular formula is C9H13NO3S. The van der Waals surface area contributed by atoms with E-state index in [-0.39, 0.29) is 0 Å². The van der Waals surface area contributed by atoms with Crippen molar-refractivity contribution in [3.63, 3.8) is 0 Å². The summed E-state index contributed by atoms with van der Waals surface area (Å²) in [5, 5.41) is 9.92. The lowest BCUT2D eigenvalue weighted by Crippen LogP contribution is -2.34. The third-order valence-electron chi connectivity index (χ3n) is 1.93. The van der Waals surface area contributed by atoms with E-state index in [4.69, 9.17) is 9.84 Å². The Morgan fingerprint density at radius 2 is 2.43 bits per heavy atom. The summed E-state index contributed by atoms with van der Waals surface area (Å²) in [6.45, 7) is 5.52. The van der Waals surface area contributed by atoms with Gasteiger partial charge in [-0.25, -0.2) is 9.78 Å². The van der Waals surface area contributed by atoms with Crippen LogP contribution in [0.5, 0.6) is 0 Å². The van der Waals surface area contributed by atoms with Gasteiger partial charge in [0.25, 0.3) is 0 Å². The van der Waals surface area contributed by atoms with Crippen molar-refractivity contribution in [2.45, 2.75) is 26.4 Å². The number of hydrogen-bond acceptors (Lipinski definition) is 4. The Morgan fingerprint density at radius 3 is 2.79 bits per heavy atom. The van der Waals surface area contributed by atoms with E-state index in [1.165, 1.54) is 11.3 Å². The van der Waals surface area contributed by atoms with Crippen LogP contribution in [0.2, 0.25) is 0 Å². The van der Waals surface area contributed by atoms with Crippen LogP contribution in [0.4, 0.5) is 0 Å². The highest BCUT2D eigenvalue weighted by Crippen LogP contribution is 2.30. The van der Waals surface area contributed by atoms with Crippen molar-refractivity contribution < 1.29 is 14.6 Å². The molecule has 14 heavy (non-hydrogen) atoms. The maximum atomic E-state index is 11.1. The molecular weight excluding hydrogens is 202 g/mol. The van der Waals surface area contributed by atoms with Crippen LogP contribution < -0.4 is 0 Å². The molecule has 0 aliphatic carbocycles. The number of rotatable bonds is 4. The molecule has 0 aliphatic heterocycles. The van der Waals surface area contributed by atoms with Crippen LogP contribution >= 0.6 is 11.3 Å². The lowest BCUT2D eigenvalue weighted by atomic mass is 10.1. The van der Waals surface area contributed by atoms with Gasteiger partial charge >= 0.3 is 5.97 Å². The lowest BCUT2D eigenvalue weighted by Gasteiger charge is -2.22. The van der Waals surface area contributed by atoms with Crippen molar-refractivity contribution in [2.75, 3.05) is 6.61 Å². The molecule has 1 aromatic rings. The summed E-state index contributed by atoms with van der Waals surface area (Å²) < 4.78 is 5.26. The third-order valence-corrected chi connectivity index (χ3v) is 3.05. The minimum absolute atomic E-state index is 0.361. The van der Waals surface area contributed by atoms with Crippen molar-refractivity contribution in [2.24, 2.45) is 0 Å². The minimum atomic E-state index is -1.26. The summed E-state index contributed by atoms with van der Waals surface area (Å²) in [6.07, 6.45) is 1.56. The Hall–Kier alpha value is -0.940. The van der Waals surface area contributed by atoms with Crippen LogP contribution in [0, 0.1) is 6.92 Å². The molecule has 0 radical (unpaired) electrons. The first-order valence-corrected chi connectivity index (χ1v) is 5.12. The zero-order valence-corrected chi connectivity index (χ0v) is 9.22. The molecule has 0 aliphatic rings. The van der Waals surface area contributed by atoms with Gasteiger partial charge in [0, 0.05) is 12.8 Å². The SMILES string of the molecule is CCOC(C)(C(=O)O)c1cnc(C)s1. The van der Waals surface area contributed by atoms with Crippen molar-refractivity contribution in [1.29, 1.82) is 0 Å². The van der Waals surface area contributed by atoms with Crippen molar-refractivity contribution in [3.8, 4) is 0 Å². The van der Waals surface area contributed by atoms with Gasteiger partial charge in [-0.05, 0) is 20.8 Å². The molecule has 0 saturated carbocycles. The highest BCUT2D eigenvalue weighted by atomic mass is 32.1. The monoisotopic (exact) mass is 215 g/mol. The fourth-order valence-corrected chi connectivity index (χ4v) is 1.98. The van der Waals surface area contributed by atoms with E-state index < -0.39 is 11.6 Å². The van der Waals surface area contributed by atoms with Gasteiger partial charge in [0.2, 0.25) is 0 Å². The predicted octanol–water partition coefficient (Wildman–Crippen LogP) is 1.79. The number of hydrogen-bond donors (Lipinski definition) is 1. The number of carboxylic acids is 1. The maximum Gasteiger partial charge on any atom is 0.341 e. The minimum Gasteiger partial charge on any atom is -0.479 e. The summed E-state index contributed by atoms with van der Waals surface area (Å²) in [7, 11) is 0. The number of aromatic nitrogens is 1. The molecule has 1 aromatic heterocycles. The first-order valence-electron chi connectivity index (χ1n) is 4.31. The summed E-state index contributed by atoms with van der Waals surface area (Å²) in [6, 6.07) is 0. The molecule has 0 saturated heterocycles. The number of nitrogens with zero attached hydrogens (tertiary/aromatic N) is 1. The number of carboxylic acid groups (broad SMARTS) is 1. The molecule has 78 valence electrons. The van der Waals surface area contributed by atoms with Gasteiger partial charge in [0.15, 0.2) is 5.60 Å². The predicted molar refractivity (Wildman–Crippen MR) is 53.5 cm³/mol. The Morgan fingerprint density at radius 1 is 1.79 bits per heavy atom. The Kier molecular flexibility index (Phi) is 3.23. The standard InChI is InChI=1S/C9H13NO3S/c1-4-13-9(3,8(11)12)7-5-10-6(2)14-7/h5H,4H2,1-3H3,(H,11,12). The Bertz CT molecular complexity index is 337. The van der Waals surface area contributed by atoms with Crippen molar-refractivity contribution in [3.05, 3.63) is 16.1 Å². The van der Waals surface area contributed by atoms with E-state index in [9.17, 15) is 4.79 Å². The molecule has 0 spiro atoms. The molecule has 0 amide bonds. The number of ether oxygens (including phenoxy) is 1. The van der Waals surface area contributed by atoms with Crippen LogP contribution in [-0.4, -0.2) is 22.7 Å². The Labute approximate surface area is 86.6 Å². The largest absolute Gasteiger partial charge is 0.479 e. The van der Waals surface area contributed by atoms with E-state index >= 15 is 0 Å². The first kappa shape index (κ1) is 11.1. The van der Waals surface area contributed by atoms with Crippen LogP contribution in [-0.2, 0) is 15.1 Å². The molecule has 1 N–H and O–H groups in total. The summed E-state index contributed by atoms with van der Waals surface area (Å²) in [5.74, 6) is -0.983. The second kappa shape index (κ2) is 4.06. The molecule has 0 fully saturated rings. The van der Waals surface area contributed by atoms with Crippen LogP contribution in [0.3, 0.4) is 0 Å². The van der Waals surface area contributed by atoms with Gasteiger partial charge in [0.05, 0.1) is 9.88 Å². The fourth-order valence-electron chi connectivity index (χ4n) is 1.11. The Balaban J connectivity index is 3.05. The molecule has 0 aromatic carbocycles. The van der Waals surface area contributed by atoms with E-state index in [0.29, 0.717) is 11.5 Å². The third kappa shape index (κ3) is 1.93. The van der Waals surface area contributed by atoms with Gasteiger partial charge in [-0.15, -0.1) is 11.3 Å². The molecule has 5 heteroatoms. The van der Waals surface area contributed by atoms with Crippen molar-refractivity contribution >= 4 is 17.3 Å². The summed E-state index contributed by atoms with van der Waals surface area (Å²) in [5.41, 5.74) is -1.26. The van der Waals surface area contributed by atoms with Gasteiger partial charge in [-0.1, -0.05) is 0 Å². The topological polar surface area (TPSA) is 59.4 Å². The highest BCUT2D eigenvalue weighted by Gasteiger charge is 2.37. The van der Waals surface area contributed by atoms with Crippen LogP contribution in [0.25, 0.3) is 0 Å². The van der Waals surface area contributed by atoms with E-state index in [1.807, 2.05) is 6.92 Å². The van der Waals surface area contributed by atoms with Gasteiger partial charge in [-0.3, -0.25) is 0 Å². The molecule has 0 bridgehead atoms. The van der Waals surface area contributed by atoms with Gasteiger partial charge in [0.1, 0.15) is 0 Å². The smallest absolute Gasteiger partial charge is 0.341 e. The lowest BCUT2D eigenvalue weighted by molar-refractivity contribution is -0.164. The highest BCUT2D eigenvalue weighted by molar-refractivity contribution is 7.11. The molecule has 1 rings (SSSR count). The fraction of sp³-hybridized carbons (Fsp3) is 0.556. The van der Waals surface area contributed by atoms with Gasteiger partial charge < -0.3 is 9.84 Å². The quantitative estimate of drug-likeness (QED) is 0.831. The zero-order chi connectivity index (χ0) is 10.8. The second-order valence-electron chi connectivity index (χ2n) is 3.01. The van der Waals surface area contributed by atoms with Gasteiger partial charge in [-0.2, -0.15) is 0 Å². The average Bonchev–Trinajstić information content (AvgIpc) is 2.52. The van der Waals surface area contributed by atoms with E-state index in [0.717, 1.165) is 5.01 Å². The average molecular weight is 215 g/mol. The van der Waals surface area contributed by atoms with E-state index in [2.05, 4.69) is 4.98 Å². The molecule has 1 heterocycles. The first-order chi connectivity index (χ1) is 6.50. The summed E-state index contributed by atoms with van der Waals surface area (Å²) in [4.78, 5) is 15.7. The zero-order valence-electron chi connectivity index (χ0n) is 8.40. The molecule has 1 atom stereocenters. The maximum absolute atomic E-state index is 11.1. The summed E-state index contributed by atoms with van der Waals surface area (Å²) >= 11 is 1.35. The van der Waals surface area contributed by atoms with Crippen LogP contribution in [0.15, 0.2) is 6.20 Å². The number of carbonyl (C=O) groups is 1.